The second-order valence-corrected chi connectivity index (χ2v) is 7.35. The van der Waals surface area contributed by atoms with Crippen LogP contribution in [0.15, 0.2) is 72.1 Å². The minimum absolute atomic E-state index is 0.0453. The average Bonchev–Trinajstić information content (AvgIpc) is 2.79. The highest BCUT2D eigenvalue weighted by molar-refractivity contribution is 7.99. The van der Waals surface area contributed by atoms with E-state index in [4.69, 9.17) is 14.2 Å². The highest BCUT2D eigenvalue weighted by Gasteiger charge is 2.16. The van der Waals surface area contributed by atoms with Crippen molar-refractivity contribution in [1.29, 1.82) is 0 Å². The summed E-state index contributed by atoms with van der Waals surface area (Å²) in [6.45, 7) is 5.83. The third-order valence-corrected chi connectivity index (χ3v) is 5.15. The molecule has 1 atom stereocenters. The summed E-state index contributed by atoms with van der Waals surface area (Å²) in [7, 11) is 0. The monoisotopic (exact) mass is 429 g/mol. The molecule has 0 radical (unpaired) electrons. The summed E-state index contributed by atoms with van der Waals surface area (Å²) in [4.78, 5) is 24.2. The van der Waals surface area contributed by atoms with Crippen molar-refractivity contribution in [1.82, 2.24) is 5.32 Å². The molecule has 0 aliphatic carbocycles. The molecule has 0 bridgehead atoms. The molecule has 160 valence electrons. The number of carbonyl (C=O) groups excluding carboxylic acids is 2. The fourth-order valence-corrected chi connectivity index (χ4v) is 3.28. The van der Waals surface area contributed by atoms with Crippen LogP contribution in [0, 0.1) is 0 Å². The fraction of sp³-hybridized carbons (Fsp3) is 0.304. The Morgan fingerprint density at radius 3 is 2.53 bits per heavy atom. The third kappa shape index (κ3) is 9.05. The summed E-state index contributed by atoms with van der Waals surface area (Å²) >= 11 is 1.58. The van der Waals surface area contributed by atoms with E-state index in [1.165, 1.54) is 5.56 Å². The molecular formula is C23H27NO5S. The number of esters is 1. The molecule has 1 unspecified atom stereocenters. The van der Waals surface area contributed by atoms with Crippen LogP contribution in [-0.4, -0.2) is 43.7 Å². The van der Waals surface area contributed by atoms with E-state index in [-0.39, 0.29) is 19.8 Å². The van der Waals surface area contributed by atoms with Gasteiger partial charge in [-0.25, -0.2) is 9.59 Å². The molecule has 2 rings (SSSR count). The van der Waals surface area contributed by atoms with Gasteiger partial charge in [-0.3, -0.25) is 0 Å². The van der Waals surface area contributed by atoms with Crippen molar-refractivity contribution in [3.8, 4) is 5.75 Å². The van der Waals surface area contributed by atoms with Crippen LogP contribution in [0.3, 0.4) is 0 Å². The van der Waals surface area contributed by atoms with Crippen molar-refractivity contribution in [3.05, 3.63) is 72.8 Å². The fourth-order valence-electron chi connectivity index (χ4n) is 2.39. The first kappa shape index (κ1) is 23.3. The summed E-state index contributed by atoms with van der Waals surface area (Å²) in [6, 6.07) is 17.7. The predicted octanol–water partition coefficient (Wildman–Crippen LogP) is 4.24. The lowest BCUT2D eigenvalue weighted by molar-refractivity contribution is -0.137. The van der Waals surface area contributed by atoms with E-state index in [2.05, 4.69) is 18.8 Å². The Bertz CT molecular complexity index is 795. The molecule has 1 N–H and O–H groups in total. The lowest BCUT2D eigenvalue weighted by atomic mass is 10.2. The van der Waals surface area contributed by atoms with Gasteiger partial charge in [0.05, 0.1) is 6.54 Å². The van der Waals surface area contributed by atoms with Crippen molar-refractivity contribution in [2.45, 2.75) is 24.3 Å². The van der Waals surface area contributed by atoms with Gasteiger partial charge >= 0.3 is 12.1 Å². The number of nitrogens with one attached hydrogen (secondary N) is 1. The van der Waals surface area contributed by atoms with Crippen LogP contribution in [0.4, 0.5) is 4.79 Å². The predicted molar refractivity (Wildman–Crippen MR) is 118 cm³/mol. The molecule has 7 heteroatoms. The number of amides is 1. The van der Waals surface area contributed by atoms with Crippen molar-refractivity contribution in [2.75, 3.05) is 25.5 Å². The van der Waals surface area contributed by atoms with Gasteiger partial charge in [0, 0.05) is 16.7 Å². The number of hydrogen-bond donors (Lipinski definition) is 1. The van der Waals surface area contributed by atoms with Gasteiger partial charge < -0.3 is 19.5 Å². The highest BCUT2D eigenvalue weighted by Crippen LogP contribution is 2.20. The Labute approximate surface area is 181 Å². The largest absolute Gasteiger partial charge is 0.490 e. The van der Waals surface area contributed by atoms with Crippen molar-refractivity contribution in [2.24, 2.45) is 0 Å². The summed E-state index contributed by atoms with van der Waals surface area (Å²) < 4.78 is 16.2. The zero-order valence-electron chi connectivity index (χ0n) is 17.0. The normalized spacial score (nSPS) is 11.2. The minimum atomic E-state index is -0.590. The molecule has 2 aromatic carbocycles. The van der Waals surface area contributed by atoms with Crippen LogP contribution in [-0.2, 0) is 20.7 Å². The molecule has 0 aliphatic heterocycles. The van der Waals surface area contributed by atoms with Gasteiger partial charge in [-0.15, -0.1) is 11.8 Å². The van der Waals surface area contributed by atoms with Crippen LogP contribution < -0.4 is 10.1 Å². The Morgan fingerprint density at radius 2 is 1.87 bits per heavy atom. The average molecular weight is 430 g/mol. The molecule has 6 nitrogen and oxygen atoms in total. The molecule has 0 heterocycles. The summed E-state index contributed by atoms with van der Waals surface area (Å²) in [6.07, 6.45) is 0.978. The van der Waals surface area contributed by atoms with E-state index < -0.39 is 18.2 Å². The number of thioether (sulfide) groups is 1. The van der Waals surface area contributed by atoms with Gasteiger partial charge in [-0.05, 0) is 36.2 Å². The van der Waals surface area contributed by atoms with Gasteiger partial charge in [-0.2, -0.15) is 0 Å². The van der Waals surface area contributed by atoms with Gasteiger partial charge in [-0.1, -0.05) is 43.8 Å². The van der Waals surface area contributed by atoms with Crippen LogP contribution in [0.2, 0.25) is 0 Å². The molecule has 30 heavy (non-hydrogen) atoms. The zero-order chi connectivity index (χ0) is 21.6. The quantitative estimate of drug-likeness (QED) is 0.235. The maximum atomic E-state index is 12.1. The smallest absolute Gasteiger partial charge is 0.407 e. The third-order valence-electron chi connectivity index (χ3n) is 4.00. The molecule has 0 spiro atoms. The van der Waals surface area contributed by atoms with Gasteiger partial charge in [0.25, 0.3) is 0 Å². The van der Waals surface area contributed by atoms with Crippen LogP contribution in [0.25, 0.3) is 0 Å². The number of rotatable bonds is 12. The zero-order valence-corrected chi connectivity index (χ0v) is 17.9. The Balaban J connectivity index is 1.86. The molecule has 0 aliphatic rings. The summed E-state index contributed by atoms with van der Waals surface area (Å²) in [5, 5.41) is 2.57. The first-order chi connectivity index (χ1) is 14.6. The molecule has 0 fully saturated rings. The number of alkyl carbamates (subject to hydrolysis) is 1. The minimum Gasteiger partial charge on any atom is -0.490 e. The van der Waals surface area contributed by atoms with Crippen molar-refractivity contribution < 1.29 is 23.8 Å². The van der Waals surface area contributed by atoms with Crippen LogP contribution in [0.1, 0.15) is 12.5 Å². The number of benzene rings is 2. The van der Waals surface area contributed by atoms with Gasteiger partial charge in [0.2, 0.25) is 0 Å². The Morgan fingerprint density at radius 1 is 1.13 bits per heavy atom. The molecular weight excluding hydrogens is 402 g/mol. The first-order valence-electron chi connectivity index (χ1n) is 9.74. The van der Waals surface area contributed by atoms with E-state index in [0.29, 0.717) is 5.75 Å². The number of carbonyl (C=O) groups is 2. The second-order valence-electron chi connectivity index (χ2n) is 6.26. The van der Waals surface area contributed by atoms with Gasteiger partial charge in [0.1, 0.15) is 25.1 Å². The lowest BCUT2D eigenvalue weighted by Crippen LogP contribution is -2.35. The van der Waals surface area contributed by atoms with Crippen molar-refractivity contribution >= 4 is 23.8 Å². The number of ether oxygens (including phenoxy) is 3. The Hall–Kier alpha value is -2.93. The Kier molecular flexibility index (Phi) is 10.4. The second kappa shape index (κ2) is 13.3. The highest BCUT2D eigenvalue weighted by atomic mass is 32.2. The molecule has 0 aromatic heterocycles. The van der Waals surface area contributed by atoms with E-state index in [9.17, 15) is 9.59 Å². The summed E-state index contributed by atoms with van der Waals surface area (Å²) in [5.74, 6) is 0.725. The van der Waals surface area contributed by atoms with Crippen LogP contribution in [0.5, 0.6) is 5.75 Å². The summed E-state index contributed by atoms with van der Waals surface area (Å²) in [5.41, 5.74) is 1.23. The van der Waals surface area contributed by atoms with Gasteiger partial charge in [0.15, 0.2) is 0 Å². The maximum absolute atomic E-state index is 12.1. The molecule has 0 saturated carbocycles. The van der Waals surface area contributed by atoms with E-state index >= 15 is 0 Å². The first-order valence-corrected chi connectivity index (χ1v) is 10.7. The SMILES string of the molecule is C=CC(=O)OCCNC(=O)OC(COc1ccc(CC)cc1)CSc1ccccc1. The van der Waals surface area contributed by atoms with E-state index in [1.54, 1.807) is 11.8 Å². The number of aryl methyl sites for hydroxylation is 1. The molecule has 1 amide bonds. The topological polar surface area (TPSA) is 73.9 Å². The standard InChI is InChI=1S/C23H27NO5S/c1-3-18-10-12-19(13-11-18)28-16-20(17-30-21-8-6-5-7-9-21)29-23(26)24-14-15-27-22(25)4-2/h4-13,20H,2-3,14-17H2,1H3,(H,24,26). The van der Waals surface area contributed by atoms with Crippen molar-refractivity contribution in [3.63, 3.8) is 0 Å². The molecule has 0 saturated heterocycles. The molecule has 2 aromatic rings. The lowest BCUT2D eigenvalue weighted by Gasteiger charge is -2.19. The van der Waals surface area contributed by atoms with E-state index in [1.807, 2.05) is 54.6 Å². The van der Waals surface area contributed by atoms with Crippen LogP contribution >= 0.6 is 11.8 Å². The maximum Gasteiger partial charge on any atom is 0.407 e. The number of hydrogen-bond acceptors (Lipinski definition) is 6. The van der Waals surface area contributed by atoms with E-state index in [0.717, 1.165) is 23.1 Å².